The molecule has 0 aliphatic carbocycles. The van der Waals surface area contributed by atoms with Crippen LogP contribution in [0.3, 0.4) is 0 Å². The minimum Gasteiger partial charge on any atom is -0.493 e. The molecule has 2 rings (SSSR count). The summed E-state index contributed by atoms with van der Waals surface area (Å²) in [6.45, 7) is 13.4. The number of carbonyl (C=O) groups excluding carboxylic acids is 1. The van der Waals surface area contributed by atoms with Gasteiger partial charge in [0.25, 0.3) is 0 Å². The molecule has 1 aliphatic rings. The molecule has 1 saturated heterocycles. The van der Waals surface area contributed by atoms with E-state index in [9.17, 15) is 4.79 Å². The average molecular weight is 423 g/mol. The van der Waals surface area contributed by atoms with E-state index < -0.39 is 0 Å². The predicted molar refractivity (Wildman–Crippen MR) is 122 cm³/mol. The molecule has 5 nitrogen and oxygen atoms in total. The van der Waals surface area contributed by atoms with Crippen molar-refractivity contribution >= 4 is 17.7 Å². The normalized spacial score (nSPS) is 16.6. The summed E-state index contributed by atoms with van der Waals surface area (Å²) in [7, 11) is 3.39. The molecule has 6 heteroatoms. The summed E-state index contributed by atoms with van der Waals surface area (Å²) in [5.41, 5.74) is 2.59. The molecule has 1 heterocycles. The van der Waals surface area contributed by atoms with Crippen LogP contribution in [-0.4, -0.2) is 57.0 Å². The van der Waals surface area contributed by atoms with Crippen LogP contribution in [0.2, 0.25) is 0 Å². The zero-order valence-corrected chi connectivity index (χ0v) is 20.2. The number of amides is 1. The summed E-state index contributed by atoms with van der Waals surface area (Å²) in [6.07, 6.45) is 4.10. The van der Waals surface area contributed by atoms with Gasteiger partial charge in [0.05, 0.1) is 13.7 Å². The Hall–Kier alpha value is -1.40. The van der Waals surface area contributed by atoms with Crippen molar-refractivity contribution in [2.24, 2.45) is 0 Å². The zero-order chi connectivity index (χ0) is 21.8. The van der Waals surface area contributed by atoms with Crippen LogP contribution >= 0.6 is 11.8 Å². The van der Waals surface area contributed by atoms with Crippen LogP contribution in [0.5, 0.6) is 11.5 Å². The fourth-order valence-electron chi connectivity index (χ4n) is 3.69. The monoisotopic (exact) mass is 422 g/mol. The van der Waals surface area contributed by atoms with E-state index in [2.05, 4.69) is 63.2 Å². The Bertz CT molecular complexity index is 705. The number of nitrogens with one attached hydrogen (secondary N) is 1. The van der Waals surface area contributed by atoms with Crippen LogP contribution in [0.25, 0.3) is 0 Å². The van der Waals surface area contributed by atoms with Gasteiger partial charge in [-0.15, -0.1) is 0 Å². The second-order valence-electron chi connectivity index (χ2n) is 9.28. The first-order valence-corrected chi connectivity index (χ1v) is 11.6. The summed E-state index contributed by atoms with van der Waals surface area (Å²) in [4.78, 5) is 13.8. The molecule has 0 bridgehead atoms. The van der Waals surface area contributed by atoms with Gasteiger partial charge in [-0.1, -0.05) is 20.8 Å². The third-order valence-electron chi connectivity index (χ3n) is 5.75. The van der Waals surface area contributed by atoms with Crippen LogP contribution in [0, 0.1) is 0 Å². The van der Waals surface area contributed by atoms with Crippen molar-refractivity contribution in [1.29, 1.82) is 0 Å². The van der Waals surface area contributed by atoms with Gasteiger partial charge in [0.2, 0.25) is 5.91 Å². The molecule has 1 N–H and O–H groups in total. The molecule has 0 spiro atoms. The van der Waals surface area contributed by atoms with E-state index in [0.717, 1.165) is 37.4 Å². The molecule has 0 aromatic heterocycles. The molecular weight excluding hydrogens is 384 g/mol. The van der Waals surface area contributed by atoms with Gasteiger partial charge in [-0.25, -0.2) is 0 Å². The third kappa shape index (κ3) is 6.05. The largest absolute Gasteiger partial charge is 0.493 e. The van der Waals surface area contributed by atoms with Gasteiger partial charge in [0.1, 0.15) is 6.10 Å². The molecule has 164 valence electrons. The van der Waals surface area contributed by atoms with Crippen molar-refractivity contribution in [2.75, 3.05) is 40.0 Å². The topological polar surface area (TPSA) is 50.8 Å². The van der Waals surface area contributed by atoms with Gasteiger partial charge in [-0.3, -0.25) is 9.69 Å². The number of carbonyl (C=O) groups is 1. The second kappa shape index (κ2) is 9.61. The summed E-state index contributed by atoms with van der Waals surface area (Å²) in [5, 5.41) is 2.69. The van der Waals surface area contributed by atoms with Crippen molar-refractivity contribution in [3.63, 3.8) is 0 Å². The summed E-state index contributed by atoms with van der Waals surface area (Å²) in [5.74, 6) is 1.68. The quantitative estimate of drug-likeness (QED) is 0.714. The molecular formula is C23H38N2O3S. The van der Waals surface area contributed by atoms with E-state index in [0.29, 0.717) is 6.54 Å². The lowest BCUT2D eigenvalue weighted by atomic mass is 9.80. The van der Waals surface area contributed by atoms with Crippen molar-refractivity contribution in [3.05, 3.63) is 23.3 Å². The fourth-order valence-corrected chi connectivity index (χ4v) is 4.08. The van der Waals surface area contributed by atoms with Crippen molar-refractivity contribution in [1.82, 2.24) is 10.2 Å². The van der Waals surface area contributed by atoms with Crippen molar-refractivity contribution < 1.29 is 14.3 Å². The van der Waals surface area contributed by atoms with Crippen LogP contribution < -0.4 is 14.8 Å². The van der Waals surface area contributed by atoms with Gasteiger partial charge in [0, 0.05) is 24.9 Å². The highest BCUT2D eigenvalue weighted by molar-refractivity contribution is 7.99. The van der Waals surface area contributed by atoms with Gasteiger partial charge in [-0.2, -0.15) is 11.8 Å². The molecule has 1 fully saturated rings. The number of likely N-dealkylation sites (N-methyl/N-ethyl adjacent to an activating group) is 1. The number of thioether (sulfide) groups is 1. The van der Waals surface area contributed by atoms with Gasteiger partial charge in [-0.05, 0) is 61.6 Å². The van der Waals surface area contributed by atoms with Crippen LogP contribution in [0.15, 0.2) is 12.1 Å². The number of benzene rings is 1. The first-order chi connectivity index (χ1) is 13.5. The Labute approximate surface area is 180 Å². The SMILES string of the molecule is CNC(=O)CN1CCC(Oc2cc(C(C)(C)C)c(C(C)(C)SC)cc2OC)CC1. The maximum atomic E-state index is 11.6. The lowest BCUT2D eigenvalue weighted by Crippen LogP contribution is -2.43. The summed E-state index contributed by atoms with van der Waals surface area (Å²) < 4.78 is 12.1. The number of nitrogens with zero attached hydrogens (tertiary/aromatic N) is 1. The second-order valence-corrected chi connectivity index (χ2v) is 10.7. The number of likely N-dealkylation sites (tertiary alicyclic amines) is 1. The molecule has 0 saturated carbocycles. The highest BCUT2D eigenvalue weighted by Crippen LogP contribution is 2.45. The number of methoxy groups -OCH3 is 1. The number of ether oxygens (including phenoxy) is 2. The van der Waals surface area contributed by atoms with E-state index in [1.807, 2.05) is 11.8 Å². The first-order valence-electron chi connectivity index (χ1n) is 10.4. The number of rotatable bonds is 7. The Balaban J connectivity index is 2.24. The Morgan fingerprint density at radius 3 is 2.21 bits per heavy atom. The maximum Gasteiger partial charge on any atom is 0.233 e. The minimum atomic E-state index is -0.0143. The smallest absolute Gasteiger partial charge is 0.233 e. The average Bonchev–Trinajstić information content (AvgIpc) is 2.68. The first kappa shape index (κ1) is 23.9. The van der Waals surface area contributed by atoms with Gasteiger partial charge >= 0.3 is 0 Å². The number of hydrogen-bond acceptors (Lipinski definition) is 5. The molecule has 1 aliphatic heterocycles. The lowest BCUT2D eigenvalue weighted by Gasteiger charge is -2.34. The fraction of sp³-hybridized carbons (Fsp3) is 0.696. The van der Waals surface area contributed by atoms with E-state index >= 15 is 0 Å². The van der Waals surface area contributed by atoms with Crippen LogP contribution in [0.4, 0.5) is 0 Å². The Morgan fingerprint density at radius 2 is 1.72 bits per heavy atom. The van der Waals surface area contributed by atoms with E-state index in [-0.39, 0.29) is 22.2 Å². The highest BCUT2D eigenvalue weighted by Gasteiger charge is 2.31. The van der Waals surface area contributed by atoms with Crippen molar-refractivity contribution in [2.45, 2.75) is 63.7 Å². The number of piperidine rings is 1. The highest BCUT2D eigenvalue weighted by atomic mass is 32.2. The molecule has 1 aromatic rings. The standard InChI is InChI=1S/C23H38N2O3S/c1-22(2,3)17-13-20(19(27-7)14-18(17)23(4,5)29-8)28-16-9-11-25(12-10-16)15-21(26)24-6/h13-14,16H,9-12,15H2,1-8H3,(H,24,26). The van der Waals surface area contributed by atoms with Gasteiger partial charge < -0.3 is 14.8 Å². The van der Waals surface area contributed by atoms with E-state index in [1.165, 1.54) is 11.1 Å². The molecule has 29 heavy (non-hydrogen) atoms. The number of hydrogen-bond donors (Lipinski definition) is 1. The Kier molecular flexibility index (Phi) is 7.91. The van der Waals surface area contributed by atoms with Gasteiger partial charge in [0.15, 0.2) is 11.5 Å². The molecule has 0 atom stereocenters. The lowest BCUT2D eigenvalue weighted by molar-refractivity contribution is -0.122. The maximum absolute atomic E-state index is 11.6. The van der Waals surface area contributed by atoms with E-state index in [4.69, 9.17) is 9.47 Å². The summed E-state index contributed by atoms with van der Waals surface area (Å²) in [6, 6.07) is 4.34. The molecule has 1 amide bonds. The van der Waals surface area contributed by atoms with Crippen LogP contribution in [0.1, 0.15) is 58.6 Å². The predicted octanol–water partition coefficient (Wildman–Crippen LogP) is 4.18. The van der Waals surface area contributed by atoms with E-state index in [1.54, 1.807) is 14.2 Å². The zero-order valence-electron chi connectivity index (χ0n) is 19.3. The third-order valence-corrected chi connectivity index (χ3v) is 6.99. The minimum absolute atomic E-state index is 0.00356. The molecule has 1 aromatic carbocycles. The molecule has 0 radical (unpaired) electrons. The molecule has 0 unspecified atom stereocenters. The van der Waals surface area contributed by atoms with Crippen molar-refractivity contribution in [3.8, 4) is 11.5 Å². The summed E-state index contributed by atoms with van der Waals surface area (Å²) >= 11 is 1.84. The Morgan fingerprint density at radius 1 is 1.14 bits per heavy atom. The van der Waals surface area contributed by atoms with Crippen LogP contribution in [-0.2, 0) is 15.0 Å².